The molecule has 0 spiro atoms. The van der Waals surface area contributed by atoms with Crippen LogP contribution in [0.15, 0.2) is 0 Å². The van der Waals surface area contributed by atoms with Crippen LogP contribution >= 0.6 is 0 Å². The molecule has 0 bridgehead atoms. The number of hydrogen-bond acceptors (Lipinski definition) is 3. The van der Waals surface area contributed by atoms with Crippen molar-refractivity contribution < 1.29 is 8.85 Å². The van der Waals surface area contributed by atoms with Gasteiger partial charge in [0.2, 0.25) is 0 Å². The normalized spacial score (nSPS) is 11.7. The van der Waals surface area contributed by atoms with E-state index in [0.717, 1.165) is 12.8 Å². The maximum Gasteiger partial charge on any atom is 0.342 e. The molecular weight excluding hydrogens is 194 g/mol. The van der Waals surface area contributed by atoms with E-state index in [1.807, 2.05) is 27.7 Å². The maximum absolute atomic E-state index is 9.22. The van der Waals surface area contributed by atoms with Gasteiger partial charge in [0.25, 0.3) is 0 Å². The SMILES string of the molecule is CCO[SiH](OCC)C(C#N)(CC)CC. The van der Waals surface area contributed by atoms with E-state index in [0.29, 0.717) is 13.2 Å². The van der Waals surface area contributed by atoms with Gasteiger partial charge in [-0.25, -0.2) is 0 Å². The Bertz CT molecular complexity index is 181. The van der Waals surface area contributed by atoms with Gasteiger partial charge in [-0.15, -0.1) is 0 Å². The average molecular weight is 215 g/mol. The van der Waals surface area contributed by atoms with E-state index in [1.54, 1.807) is 0 Å². The third-order valence-corrected chi connectivity index (χ3v) is 5.69. The van der Waals surface area contributed by atoms with Crippen LogP contribution in [0.1, 0.15) is 40.5 Å². The van der Waals surface area contributed by atoms with Crippen LogP contribution < -0.4 is 0 Å². The molecule has 0 aliphatic heterocycles. The van der Waals surface area contributed by atoms with Gasteiger partial charge < -0.3 is 8.85 Å². The summed E-state index contributed by atoms with van der Waals surface area (Å²) >= 11 is 0. The lowest BCUT2D eigenvalue weighted by Crippen LogP contribution is -2.37. The van der Waals surface area contributed by atoms with Crippen LogP contribution in [-0.4, -0.2) is 22.5 Å². The predicted octanol–water partition coefficient (Wildman–Crippen LogP) is 2.36. The van der Waals surface area contributed by atoms with Crippen LogP contribution in [0.2, 0.25) is 5.04 Å². The first-order valence-electron chi connectivity index (χ1n) is 5.35. The van der Waals surface area contributed by atoms with E-state index in [2.05, 4.69) is 6.07 Å². The summed E-state index contributed by atoms with van der Waals surface area (Å²) in [4.78, 5) is 0. The van der Waals surface area contributed by atoms with Gasteiger partial charge in [0, 0.05) is 13.2 Å². The lowest BCUT2D eigenvalue weighted by molar-refractivity contribution is 0.191. The van der Waals surface area contributed by atoms with Gasteiger partial charge in [0.1, 0.15) is 0 Å². The topological polar surface area (TPSA) is 42.2 Å². The minimum atomic E-state index is -1.85. The standard InChI is InChI=1S/C10H21NO2Si/c1-5-10(6-2,9-11)14(12-7-3)13-8-4/h14H,5-8H2,1-4H3. The smallest absolute Gasteiger partial charge is 0.342 e. The molecule has 4 heteroatoms. The summed E-state index contributed by atoms with van der Waals surface area (Å²) in [5.41, 5.74) is 0. The van der Waals surface area contributed by atoms with E-state index in [-0.39, 0.29) is 5.04 Å². The Labute approximate surface area is 88.9 Å². The number of rotatable bonds is 7. The molecule has 0 radical (unpaired) electrons. The highest BCUT2D eigenvalue weighted by Gasteiger charge is 2.40. The van der Waals surface area contributed by atoms with E-state index >= 15 is 0 Å². The molecule has 0 aliphatic rings. The van der Waals surface area contributed by atoms with Crippen molar-refractivity contribution in [3.8, 4) is 6.07 Å². The van der Waals surface area contributed by atoms with Crippen LogP contribution in [0, 0.1) is 11.3 Å². The van der Waals surface area contributed by atoms with E-state index in [1.165, 1.54) is 0 Å². The number of nitrogens with zero attached hydrogens (tertiary/aromatic N) is 1. The molecule has 0 amide bonds. The third-order valence-electron chi connectivity index (χ3n) is 2.57. The summed E-state index contributed by atoms with van der Waals surface area (Å²) < 4.78 is 11.2. The predicted molar refractivity (Wildman–Crippen MR) is 59.3 cm³/mol. The van der Waals surface area contributed by atoms with Gasteiger partial charge in [-0.2, -0.15) is 5.26 Å². The van der Waals surface area contributed by atoms with Crippen molar-refractivity contribution in [3.63, 3.8) is 0 Å². The molecule has 0 aromatic carbocycles. The van der Waals surface area contributed by atoms with Crippen LogP contribution in [0.5, 0.6) is 0 Å². The zero-order valence-electron chi connectivity index (χ0n) is 9.67. The summed E-state index contributed by atoms with van der Waals surface area (Å²) in [5.74, 6) is 0. The molecule has 0 aromatic heterocycles. The van der Waals surface area contributed by atoms with Gasteiger partial charge in [-0.1, -0.05) is 13.8 Å². The fraction of sp³-hybridized carbons (Fsp3) is 0.900. The minimum Gasteiger partial charge on any atom is -0.396 e. The molecule has 0 N–H and O–H groups in total. The van der Waals surface area contributed by atoms with Crippen LogP contribution in [0.25, 0.3) is 0 Å². The van der Waals surface area contributed by atoms with E-state index in [9.17, 15) is 5.26 Å². The second-order valence-electron chi connectivity index (χ2n) is 3.22. The molecular formula is C10H21NO2Si. The van der Waals surface area contributed by atoms with Gasteiger partial charge in [0.15, 0.2) is 0 Å². The van der Waals surface area contributed by atoms with Crippen molar-refractivity contribution in [1.29, 1.82) is 5.26 Å². The molecule has 0 unspecified atom stereocenters. The summed E-state index contributed by atoms with van der Waals surface area (Å²) in [7, 11) is -1.85. The first kappa shape index (κ1) is 13.6. The molecule has 0 saturated heterocycles. The molecule has 82 valence electrons. The minimum absolute atomic E-state index is 0.355. The Balaban J connectivity index is 4.63. The molecule has 0 aliphatic carbocycles. The molecule has 3 nitrogen and oxygen atoms in total. The Kier molecular flexibility index (Phi) is 6.80. The first-order valence-corrected chi connectivity index (χ1v) is 6.87. The van der Waals surface area contributed by atoms with Crippen molar-refractivity contribution >= 4 is 9.28 Å². The fourth-order valence-electron chi connectivity index (χ4n) is 1.46. The van der Waals surface area contributed by atoms with Gasteiger partial charge >= 0.3 is 9.28 Å². The fourth-order valence-corrected chi connectivity index (χ4v) is 3.58. The molecule has 0 heterocycles. The third kappa shape index (κ3) is 3.09. The van der Waals surface area contributed by atoms with Crippen LogP contribution in [-0.2, 0) is 8.85 Å². The van der Waals surface area contributed by atoms with E-state index in [4.69, 9.17) is 8.85 Å². The van der Waals surface area contributed by atoms with Crippen molar-refractivity contribution in [2.24, 2.45) is 0 Å². The summed E-state index contributed by atoms with van der Waals surface area (Å²) in [5, 5.41) is 8.87. The molecule has 0 aromatic rings. The van der Waals surface area contributed by atoms with Gasteiger partial charge in [-0.3, -0.25) is 0 Å². The largest absolute Gasteiger partial charge is 0.396 e. The Hall–Kier alpha value is -0.373. The number of nitriles is 1. The van der Waals surface area contributed by atoms with E-state index < -0.39 is 9.28 Å². The monoisotopic (exact) mass is 215 g/mol. The number of hydrogen-bond donors (Lipinski definition) is 0. The Morgan fingerprint density at radius 3 is 1.71 bits per heavy atom. The molecule has 0 atom stereocenters. The van der Waals surface area contributed by atoms with Crippen LogP contribution in [0.4, 0.5) is 0 Å². The molecule has 0 saturated carbocycles. The zero-order valence-corrected chi connectivity index (χ0v) is 10.8. The molecule has 14 heavy (non-hydrogen) atoms. The molecule has 0 rings (SSSR count). The van der Waals surface area contributed by atoms with Gasteiger partial charge in [0.05, 0.1) is 11.1 Å². The average Bonchev–Trinajstić information content (AvgIpc) is 2.22. The van der Waals surface area contributed by atoms with Crippen molar-refractivity contribution in [3.05, 3.63) is 0 Å². The second kappa shape index (κ2) is 6.99. The van der Waals surface area contributed by atoms with Crippen molar-refractivity contribution in [1.82, 2.24) is 0 Å². The molecule has 0 fully saturated rings. The van der Waals surface area contributed by atoms with Crippen molar-refractivity contribution in [2.75, 3.05) is 13.2 Å². The summed E-state index contributed by atoms with van der Waals surface area (Å²) in [6.45, 7) is 9.25. The highest BCUT2D eigenvalue weighted by molar-refractivity contribution is 6.49. The second-order valence-corrected chi connectivity index (χ2v) is 5.65. The highest BCUT2D eigenvalue weighted by atomic mass is 28.3. The highest BCUT2D eigenvalue weighted by Crippen LogP contribution is 2.37. The van der Waals surface area contributed by atoms with Crippen LogP contribution in [0.3, 0.4) is 0 Å². The Morgan fingerprint density at radius 2 is 1.50 bits per heavy atom. The zero-order chi connectivity index (χ0) is 11.0. The maximum atomic E-state index is 9.22. The quantitative estimate of drug-likeness (QED) is 0.612. The summed E-state index contributed by atoms with van der Waals surface area (Å²) in [6, 6.07) is 2.40. The summed E-state index contributed by atoms with van der Waals surface area (Å²) in [6.07, 6.45) is 1.63. The lowest BCUT2D eigenvalue weighted by Gasteiger charge is -2.30. The first-order chi connectivity index (χ1) is 6.70. The van der Waals surface area contributed by atoms with Crippen molar-refractivity contribution in [2.45, 2.75) is 45.6 Å². The lowest BCUT2D eigenvalue weighted by atomic mass is 10.0. The Morgan fingerprint density at radius 1 is 1.07 bits per heavy atom. The van der Waals surface area contributed by atoms with Gasteiger partial charge in [-0.05, 0) is 26.7 Å².